The molecule has 1 aliphatic heterocycles. The minimum absolute atomic E-state index is 0.00269. The molecule has 1 rings (SSSR count). The van der Waals surface area contributed by atoms with E-state index < -0.39 is 10.0 Å². The Balaban J connectivity index is 2.16. The summed E-state index contributed by atoms with van der Waals surface area (Å²) in [6, 6.07) is 0. The van der Waals surface area contributed by atoms with Crippen LogP contribution in [-0.4, -0.2) is 76.2 Å². The van der Waals surface area contributed by atoms with Gasteiger partial charge >= 0.3 is 0 Å². The second kappa shape index (κ2) is 6.76. The molecule has 1 saturated heterocycles. The van der Waals surface area contributed by atoms with Crippen molar-refractivity contribution in [1.29, 1.82) is 0 Å². The summed E-state index contributed by atoms with van der Waals surface area (Å²) >= 11 is 5.39. The van der Waals surface area contributed by atoms with Crippen LogP contribution in [0.2, 0.25) is 0 Å². The maximum atomic E-state index is 11.3. The number of hydrogen-bond donors (Lipinski definition) is 1. The number of piperazine rings is 1. The van der Waals surface area contributed by atoms with Gasteiger partial charge in [-0.15, -0.1) is 11.6 Å². The van der Waals surface area contributed by atoms with Gasteiger partial charge in [-0.05, 0) is 7.05 Å². The van der Waals surface area contributed by atoms with E-state index in [1.165, 1.54) is 0 Å². The molecule has 0 aromatic heterocycles. The fraction of sp³-hybridized carbons (Fsp3) is 1.00. The van der Waals surface area contributed by atoms with Crippen LogP contribution in [0.5, 0.6) is 0 Å². The zero-order valence-electron chi connectivity index (χ0n) is 9.65. The molecule has 0 aromatic carbocycles. The average molecular weight is 270 g/mol. The first kappa shape index (κ1) is 14.2. The van der Waals surface area contributed by atoms with E-state index in [4.69, 9.17) is 11.6 Å². The van der Waals surface area contributed by atoms with Gasteiger partial charge in [0.15, 0.2) is 0 Å². The van der Waals surface area contributed by atoms with Crippen molar-refractivity contribution in [3.8, 4) is 0 Å². The second-order valence-corrected chi connectivity index (χ2v) is 6.35. The molecule has 0 bridgehead atoms. The Morgan fingerprint density at radius 2 is 1.88 bits per heavy atom. The zero-order chi connectivity index (χ0) is 12.0. The third-order valence-electron chi connectivity index (χ3n) is 2.69. The van der Waals surface area contributed by atoms with Crippen molar-refractivity contribution in [2.45, 2.75) is 0 Å². The average Bonchev–Trinajstić information content (AvgIpc) is 2.20. The highest BCUT2D eigenvalue weighted by Crippen LogP contribution is 1.97. The molecule has 0 aromatic rings. The van der Waals surface area contributed by atoms with Crippen molar-refractivity contribution >= 4 is 21.6 Å². The first-order chi connectivity index (χ1) is 7.53. The van der Waals surface area contributed by atoms with Crippen LogP contribution in [0, 0.1) is 0 Å². The SMILES string of the molecule is CN1CCN(CCNS(=O)(=O)CCCl)CC1. The number of halogens is 1. The Hall–Kier alpha value is 0.120. The molecule has 5 nitrogen and oxygen atoms in total. The highest BCUT2D eigenvalue weighted by atomic mass is 35.5. The number of hydrogen-bond acceptors (Lipinski definition) is 4. The highest BCUT2D eigenvalue weighted by Gasteiger charge is 2.14. The van der Waals surface area contributed by atoms with Gasteiger partial charge in [0.1, 0.15) is 0 Å². The number of likely N-dealkylation sites (N-methyl/N-ethyl adjacent to an activating group) is 1. The third-order valence-corrected chi connectivity index (χ3v) is 4.49. The lowest BCUT2D eigenvalue weighted by Gasteiger charge is -2.32. The lowest BCUT2D eigenvalue weighted by Crippen LogP contribution is -2.47. The van der Waals surface area contributed by atoms with E-state index in [0.717, 1.165) is 32.7 Å². The van der Waals surface area contributed by atoms with Gasteiger partial charge in [-0.3, -0.25) is 4.90 Å². The van der Waals surface area contributed by atoms with Crippen LogP contribution < -0.4 is 4.72 Å². The van der Waals surface area contributed by atoms with Crippen molar-refractivity contribution < 1.29 is 8.42 Å². The predicted molar refractivity (Wildman–Crippen MR) is 66.4 cm³/mol. The monoisotopic (exact) mass is 269 g/mol. The Kier molecular flexibility index (Phi) is 5.99. The van der Waals surface area contributed by atoms with Crippen molar-refractivity contribution in [2.75, 3.05) is 57.9 Å². The third kappa shape index (κ3) is 5.45. The number of alkyl halides is 1. The largest absolute Gasteiger partial charge is 0.304 e. The Morgan fingerprint density at radius 3 is 2.44 bits per heavy atom. The number of rotatable bonds is 6. The lowest BCUT2D eigenvalue weighted by atomic mass is 10.3. The molecule has 7 heteroatoms. The molecular formula is C9H20ClN3O2S. The number of nitrogens with zero attached hydrogens (tertiary/aromatic N) is 2. The molecule has 1 aliphatic rings. The summed E-state index contributed by atoms with van der Waals surface area (Å²) in [7, 11) is -1.06. The van der Waals surface area contributed by atoms with Gasteiger partial charge in [-0.25, -0.2) is 13.1 Å². The Labute approximate surface area is 103 Å². The van der Waals surface area contributed by atoms with Gasteiger partial charge in [0, 0.05) is 45.1 Å². The molecule has 0 radical (unpaired) electrons. The normalized spacial score (nSPS) is 20.1. The van der Waals surface area contributed by atoms with E-state index in [9.17, 15) is 8.42 Å². The molecule has 0 unspecified atom stereocenters. The summed E-state index contributed by atoms with van der Waals surface area (Å²) in [6.07, 6.45) is 0. The van der Waals surface area contributed by atoms with Gasteiger partial charge < -0.3 is 4.90 Å². The van der Waals surface area contributed by atoms with Gasteiger partial charge in [-0.1, -0.05) is 0 Å². The molecule has 16 heavy (non-hydrogen) atoms. The fourth-order valence-electron chi connectivity index (χ4n) is 1.60. The van der Waals surface area contributed by atoms with E-state index >= 15 is 0 Å². The summed E-state index contributed by atoms with van der Waals surface area (Å²) in [5, 5.41) is 0. The van der Waals surface area contributed by atoms with Crippen LogP contribution in [-0.2, 0) is 10.0 Å². The van der Waals surface area contributed by atoms with E-state index in [1.54, 1.807) is 0 Å². The van der Waals surface area contributed by atoms with Crippen LogP contribution in [0.25, 0.3) is 0 Å². The van der Waals surface area contributed by atoms with Gasteiger partial charge in [0.2, 0.25) is 10.0 Å². The van der Waals surface area contributed by atoms with Crippen molar-refractivity contribution in [2.24, 2.45) is 0 Å². The minimum Gasteiger partial charge on any atom is -0.304 e. The van der Waals surface area contributed by atoms with Crippen LogP contribution in [0.4, 0.5) is 0 Å². The van der Waals surface area contributed by atoms with Gasteiger partial charge in [-0.2, -0.15) is 0 Å². The maximum absolute atomic E-state index is 11.3. The summed E-state index contributed by atoms with van der Waals surface area (Å²) in [5.41, 5.74) is 0. The van der Waals surface area contributed by atoms with Crippen LogP contribution >= 0.6 is 11.6 Å². The van der Waals surface area contributed by atoms with Crippen LogP contribution in [0.15, 0.2) is 0 Å². The Bertz CT molecular complexity index is 289. The second-order valence-electron chi connectivity index (χ2n) is 4.05. The molecule has 1 heterocycles. The number of sulfonamides is 1. The minimum atomic E-state index is -3.16. The van der Waals surface area contributed by atoms with Gasteiger partial charge in [0.25, 0.3) is 0 Å². The molecule has 0 saturated carbocycles. The first-order valence-corrected chi connectivity index (χ1v) is 7.66. The molecule has 0 amide bonds. The molecular weight excluding hydrogens is 250 g/mol. The summed E-state index contributed by atoms with van der Waals surface area (Å²) in [5.74, 6) is 0.140. The summed E-state index contributed by atoms with van der Waals surface area (Å²) in [6.45, 7) is 5.36. The lowest BCUT2D eigenvalue weighted by molar-refractivity contribution is 0.156. The van der Waals surface area contributed by atoms with Crippen molar-refractivity contribution in [3.05, 3.63) is 0 Å². The highest BCUT2D eigenvalue weighted by molar-refractivity contribution is 7.89. The fourth-order valence-corrected chi connectivity index (χ4v) is 2.96. The van der Waals surface area contributed by atoms with Gasteiger partial charge in [0.05, 0.1) is 5.75 Å². The molecule has 96 valence electrons. The summed E-state index contributed by atoms with van der Waals surface area (Å²) in [4.78, 5) is 4.54. The standard InChI is InChI=1S/C9H20ClN3O2S/c1-12-5-7-13(8-6-12)4-3-11-16(14,15)9-2-10/h11H,2-9H2,1H3. The van der Waals surface area contributed by atoms with E-state index in [-0.39, 0.29) is 11.6 Å². The Morgan fingerprint density at radius 1 is 1.25 bits per heavy atom. The predicted octanol–water partition coefficient (Wildman–Crippen LogP) is -0.608. The maximum Gasteiger partial charge on any atom is 0.212 e. The molecule has 0 aliphatic carbocycles. The smallest absolute Gasteiger partial charge is 0.212 e. The van der Waals surface area contributed by atoms with E-state index in [1.807, 2.05) is 0 Å². The van der Waals surface area contributed by atoms with Crippen molar-refractivity contribution in [3.63, 3.8) is 0 Å². The topological polar surface area (TPSA) is 52.6 Å². The van der Waals surface area contributed by atoms with E-state index in [0.29, 0.717) is 6.54 Å². The van der Waals surface area contributed by atoms with Crippen LogP contribution in [0.1, 0.15) is 0 Å². The molecule has 0 atom stereocenters. The quantitative estimate of drug-likeness (QED) is 0.654. The summed E-state index contributed by atoms with van der Waals surface area (Å²) < 4.78 is 25.2. The van der Waals surface area contributed by atoms with E-state index in [2.05, 4.69) is 21.6 Å². The molecule has 1 fully saturated rings. The van der Waals surface area contributed by atoms with Crippen molar-refractivity contribution in [1.82, 2.24) is 14.5 Å². The number of nitrogens with one attached hydrogen (secondary N) is 1. The molecule has 1 N–H and O–H groups in total. The van der Waals surface area contributed by atoms with Crippen LogP contribution in [0.3, 0.4) is 0 Å². The first-order valence-electron chi connectivity index (χ1n) is 5.48. The zero-order valence-corrected chi connectivity index (χ0v) is 11.2. The molecule has 0 spiro atoms.